The van der Waals surface area contributed by atoms with Crippen molar-refractivity contribution >= 4 is 0 Å². The monoisotopic (exact) mass is 262 g/mol. The van der Waals surface area contributed by atoms with Crippen molar-refractivity contribution in [3.05, 3.63) is 24.0 Å². The van der Waals surface area contributed by atoms with Crippen LogP contribution < -0.4 is 5.32 Å². The molecule has 19 heavy (non-hydrogen) atoms. The molecule has 1 spiro atoms. The Kier molecular flexibility index (Phi) is 3.94. The zero-order valence-electron chi connectivity index (χ0n) is 12.0. The van der Waals surface area contributed by atoms with Crippen LogP contribution in [0.25, 0.3) is 0 Å². The van der Waals surface area contributed by atoms with Crippen molar-refractivity contribution in [3.8, 4) is 0 Å². The molecule has 1 aliphatic heterocycles. The van der Waals surface area contributed by atoms with Gasteiger partial charge in [0.2, 0.25) is 0 Å². The van der Waals surface area contributed by atoms with Crippen molar-refractivity contribution in [2.75, 3.05) is 6.54 Å². The van der Waals surface area contributed by atoms with Crippen LogP contribution in [0.2, 0.25) is 0 Å². The molecule has 0 radical (unpaired) electrons. The van der Waals surface area contributed by atoms with Gasteiger partial charge in [0.15, 0.2) is 0 Å². The highest BCUT2D eigenvalue weighted by Gasteiger charge is 2.41. The summed E-state index contributed by atoms with van der Waals surface area (Å²) in [6, 6.07) is 2.21. The fourth-order valence-corrected chi connectivity index (χ4v) is 3.62. The van der Waals surface area contributed by atoms with Crippen LogP contribution in [0, 0.1) is 0 Å². The quantitative estimate of drug-likeness (QED) is 0.882. The van der Waals surface area contributed by atoms with Crippen LogP contribution in [0.5, 0.6) is 0 Å². The molecule has 2 heterocycles. The third kappa shape index (κ3) is 3.03. The molecule has 1 aromatic rings. The molecule has 3 rings (SSSR count). The Bertz CT molecular complexity index is 407. The van der Waals surface area contributed by atoms with Gasteiger partial charge in [-0.2, -0.15) is 0 Å². The van der Waals surface area contributed by atoms with Crippen molar-refractivity contribution in [2.24, 2.45) is 0 Å². The highest BCUT2D eigenvalue weighted by atomic mass is 16.5. The van der Waals surface area contributed by atoms with E-state index in [1.54, 1.807) is 0 Å². The zero-order chi connectivity index (χ0) is 13.1. The lowest BCUT2D eigenvalue weighted by molar-refractivity contribution is -0.0417. The van der Waals surface area contributed by atoms with E-state index in [1.165, 1.54) is 44.1 Å². The summed E-state index contributed by atoms with van der Waals surface area (Å²) >= 11 is 0. The van der Waals surface area contributed by atoms with Crippen LogP contribution in [0.4, 0.5) is 0 Å². The largest absolute Gasteiger partial charge is 0.370 e. The molecule has 1 aliphatic carbocycles. The second-order valence-electron chi connectivity index (χ2n) is 6.17. The Morgan fingerprint density at radius 3 is 3.00 bits per heavy atom. The standard InChI is InChI=1S/C16H26N2O/c1-2-17-11-14-6-10-18(12-14)13-15-5-9-16(19-15)7-3-4-8-16/h6,10,12,15,17H,2-5,7-9,11,13H2,1H3. The maximum Gasteiger partial charge on any atom is 0.0762 e. The number of hydrogen-bond acceptors (Lipinski definition) is 2. The van der Waals surface area contributed by atoms with Crippen molar-refractivity contribution in [2.45, 2.75) is 70.2 Å². The summed E-state index contributed by atoms with van der Waals surface area (Å²) in [6.07, 6.45) is 12.7. The van der Waals surface area contributed by atoms with Gasteiger partial charge in [0.25, 0.3) is 0 Å². The first-order valence-electron chi connectivity index (χ1n) is 7.83. The van der Waals surface area contributed by atoms with E-state index in [2.05, 4.69) is 35.3 Å². The summed E-state index contributed by atoms with van der Waals surface area (Å²) in [7, 11) is 0. The third-order valence-electron chi connectivity index (χ3n) is 4.66. The summed E-state index contributed by atoms with van der Waals surface area (Å²) in [5.74, 6) is 0. The van der Waals surface area contributed by atoms with Crippen LogP contribution in [0.1, 0.15) is 51.0 Å². The van der Waals surface area contributed by atoms with Crippen LogP contribution in [-0.2, 0) is 17.8 Å². The average Bonchev–Trinajstić information content (AvgIpc) is 3.12. The van der Waals surface area contributed by atoms with Gasteiger partial charge in [-0.25, -0.2) is 0 Å². The second kappa shape index (κ2) is 5.68. The van der Waals surface area contributed by atoms with Gasteiger partial charge < -0.3 is 14.6 Å². The zero-order valence-corrected chi connectivity index (χ0v) is 12.0. The van der Waals surface area contributed by atoms with Crippen molar-refractivity contribution in [3.63, 3.8) is 0 Å². The maximum absolute atomic E-state index is 6.37. The van der Waals surface area contributed by atoms with E-state index in [9.17, 15) is 0 Å². The Morgan fingerprint density at radius 2 is 2.21 bits per heavy atom. The van der Waals surface area contributed by atoms with Gasteiger partial charge in [-0.3, -0.25) is 0 Å². The highest BCUT2D eigenvalue weighted by molar-refractivity contribution is 5.10. The van der Waals surface area contributed by atoms with Crippen LogP contribution in [-0.4, -0.2) is 22.8 Å². The molecule has 1 N–H and O–H groups in total. The second-order valence-corrected chi connectivity index (χ2v) is 6.17. The number of nitrogens with zero attached hydrogens (tertiary/aromatic N) is 1. The number of aromatic nitrogens is 1. The number of ether oxygens (including phenoxy) is 1. The van der Waals surface area contributed by atoms with E-state index in [0.717, 1.165) is 19.6 Å². The average molecular weight is 262 g/mol. The first kappa shape index (κ1) is 13.2. The molecule has 3 nitrogen and oxygen atoms in total. The Labute approximate surface area is 116 Å². The summed E-state index contributed by atoms with van der Waals surface area (Å²) < 4.78 is 8.66. The van der Waals surface area contributed by atoms with Crippen LogP contribution >= 0.6 is 0 Å². The van der Waals surface area contributed by atoms with E-state index in [0.29, 0.717) is 6.10 Å². The van der Waals surface area contributed by atoms with Gasteiger partial charge >= 0.3 is 0 Å². The van der Waals surface area contributed by atoms with Crippen molar-refractivity contribution < 1.29 is 4.74 Å². The van der Waals surface area contributed by atoms with Gasteiger partial charge in [0, 0.05) is 25.5 Å². The Morgan fingerprint density at radius 1 is 1.37 bits per heavy atom. The third-order valence-corrected chi connectivity index (χ3v) is 4.66. The van der Waals surface area contributed by atoms with Gasteiger partial charge in [-0.15, -0.1) is 0 Å². The first-order valence-corrected chi connectivity index (χ1v) is 7.83. The molecule has 2 fully saturated rings. The Balaban J connectivity index is 1.53. The fourth-order valence-electron chi connectivity index (χ4n) is 3.62. The first-order chi connectivity index (χ1) is 9.30. The van der Waals surface area contributed by atoms with E-state index >= 15 is 0 Å². The Hall–Kier alpha value is -0.800. The molecule has 2 aliphatic rings. The van der Waals surface area contributed by atoms with E-state index < -0.39 is 0 Å². The SMILES string of the molecule is CCNCc1ccn(CC2CCC3(CCCC3)O2)c1. The minimum Gasteiger partial charge on any atom is -0.370 e. The molecule has 1 saturated heterocycles. The summed E-state index contributed by atoms with van der Waals surface area (Å²) in [5, 5.41) is 3.37. The maximum atomic E-state index is 6.37. The summed E-state index contributed by atoms with van der Waals surface area (Å²) in [4.78, 5) is 0. The predicted octanol–water partition coefficient (Wildman–Crippen LogP) is 3.09. The van der Waals surface area contributed by atoms with Gasteiger partial charge in [-0.05, 0) is 43.9 Å². The van der Waals surface area contributed by atoms with E-state index in [4.69, 9.17) is 4.74 Å². The number of hydrogen-bond donors (Lipinski definition) is 1. The lowest BCUT2D eigenvalue weighted by Gasteiger charge is -2.24. The van der Waals surface area contributed by atoms with Gasteiger partial charge in [0.1, 0.15) is 0 Å². The number of rotatable bonds is 5. The summed E-state index contributed by atoms with van der Waals surface area (Å²) in [6.45, 7) is 5.16. The van der Waals surface area contributed by atoms with Crippen LogP contribution in [0.3, 0.4) is 0 Å². The molecule has 1 unspecified atom stereocenters. The molecular weight excluding hydrogens is 236 g/mol. The van der Waals surface area contributed by atoms with Crippen LogP contribution in [0.15, 0.2) is 18.5 Å². The molecular formula is C16H26N2O. The molecule has 0 aromatic carbocycles. The minimum absolute atomic E-state index is 0.268. The number of nitrogens with one attached hydrogen (secondary N) is 1. The van der Waals surface area contributed by atoms with E-state index in [1.807, 2.05) is 0 Å². The van der Waals surface area contributed by atoms with Crippen molar-refractivity contribution in [1.29, 1.82) is 0 Å². The van der Waals surface area contributed by atoms with Gasteiger partial charge in [-0.1, -0.05) is 19.8 Å². The summed E-state index contributed by atoms with van der Waals surface area (Å²) in [5.41, 5.74) is 1.64. The highest BCUT2D eigenvalue weighted by Crippen LogP contribution is 2.43. The smallest absolute Gasteiger partial charge is 0.0762 e. The molecule has 1 atom stereocenters. The fraction of sp³-hybridized carbons (Fsp3) is 0.750. The minimum atomic E-state index is 0.268. The molecule has 106 valence electrons. The molecule has 1 saturated carbocycles. The lowest BCUT2D eigenvalue weighted by atomic mass is 9.98. The van der Waals surface area contributed by atoms with E-state index in [-0.39, 0.29) is 5.60 Å². The molecule has 0 amide bonds. The normalized spacial score (nSPS) is 25.4. The van der Waals surface area contributed by atoms with Crippen molar-refractivity contribution in [1.82, 2.24) is 9.88 Å². The molecule has 0 bridgehead atoms. The molecule has 3 heteroatoms. The van der Waals surface area contributed by atoms with Gasteiger partial charge in [0.05, 0.1) is 11.7 Å². The lowest BCUT2D eigenvalue weighted by Crippen LogP contribution is -2.26. The molecule has 1 aromatic heterocycles. The topological polar surface area (TPSA) is 26.2 Å². The predicted molar refractivity (Wildman–Crippen MR) is 77.1 cm³/mol.